The minimum Gasteiger partial charge on any atom is -0.398 e. The zero-order valence-corrected chi connectivity index (χ0v) is 12.1. The normalized spacial score (nSPS) is 18.9. The van der Waals surface area contributed by atoms with Gasteiger partial charge in [-0.2, -0.15) is 0 Å². The number of benzene rings is 1. The van der Waals surface area contributed by atoms with E-state index in [4.69, 9.17) is 5.73 Å². The van der Waals surface area contributed by atoms with Crippen molar-refractivity contribution in [3.8, 4) is 0 Å². The number of amides is 1. The van der Waals surface area contributed by atoms with Crippen LogP contribution in [0.3, 0.4) is 0 Å². The molecular formula is C12H16BrClN2O. The van der Waals surface area contributed by atoms with Gasteiger partial charge < -0.3 is 10.6 Å². The van der Waals surface area contributed by atoms with Gasteiger partial charge in [-0.3, -0.25) is 4.79 Å². The summed E-state index contributed by atoms with van der Waals surface area (Å²) in [7, 11) is 0. The van der Waals surface area contributed by atoms with Crippen LogP contribution in [-0.2, 0) is 0 Å². The van der Waals surface area contributed by atoms with E-state index in [9.17, 15) is 4.79 Å². The zero-order valence-electron chi connectivity index (χ0n) is 9.65. The minimum absolute atomic E-state index is 0. The van der Waals surface area contributed by atoms with Gasteiger partial charge in [-0.1, -0.05) is 22.9 Å². The highest BCUT2D eigenvalue weighted by molar-refractivity contribution is 9.10. The monoisotopic (exact) mass is 318 g/mol. The van der Waals surface area contributed by atoms with Crippen molar-refractivity contribution in [1.82, 2.24) is 4.90 Å². The lowest BCUT2D eigenvalue weighted by atomic mass is 10.1. The Hall–Kier alpha value is -0.740. The van der Waals surface area contributed by atoms with Crippen LogP contribution in [0.15, 0.2) is 22.7 Å². The Morgan fingerprint density at radius 2 is 2.24 bits per heavy atom. The molecule has 2 N–H and O–H groups in total. The predicted octanol–water partition coefficient (Wildman–Crippen LogP) is 2.94. The second kappa shape index (κ2) is 5.74. The first kappa shape index (κ1) is 14.3. The van der Waals surface area contributed by atoms with Gasteiger partial charge in [0.15, 0.2) is 0 Å². The topological polar surface area (TPSA) is 46.3 Å². The van der Waals surface area contributed by atoms with Gasteiger partial charge in [0.1, 0.15) is 0 Å². The first-order valence-corrected chi connectivity index (χ1v) is 6.21. The molecule has 0 radical (unpaired) electrons. The van der Waals surface area contributed by atoms with E-state index in [1.54, 1.807) is 12.1 Å². The molecule has 1 atom stereocenters. The summed E-state index contributed by atoms with van der Waals surface area (Å²) in [5.74, 6) is 0.648. The number of hydrogen-bond donors (Lipinski definition) is 1. The van der Waals surface area contributed by atoms with Gasteiger partial charge in [0.25, 0.3) is 5.91 Å². The summed E-state index contributed by atoms with van der Waals surface area (Å²) < 4.78 is 0.899. The van der Waals surface area contributed by atoms with Crippen molar-refractivity contribution in [2.45, 2.75) is 13.3 Å². The number of anilines is 1. The van der Waals surface area contributed by atoms with Crippen LogP contribution in [0.25, 0.3) is 0 Å². The second-order valence-corrected chi connectivity index (χ2v) is 5.29. The van der Waals surface area contributed by atoms with Crippen molar-refractivity contribution >= 4 is 39.9 Å². The Kier molecular flexibility index (Phi) is 4.83. The molecule has 0 spiro atoms. The second-order valence-electron chi connectivity index (χ2n) is 4.38. The molecule has 1 amide bonds. The lowest BCUT2D eigenvalue weighted by Crippen LogP contribution is -2.29. The predicted molar refractivity (Wildman–Crippen MR) is 75.5 cm³/mol. The Morgan fingerprint density at radius 1 is 1.53 bits per heavy atom. The molecule has 2 rings (SSSR count). The zero-order chi connectivity index (χ0) is 11.7. The third kappa shape index (κ3) is 3.13. The third-order valence-electron chi connectivity index (χ3n) is 2.96. The van der Waals surface area contributed by atoms with Crippen LogP contribution in [0, 0.1) is 5.92 Å². The van der Waals surface area contributed by atoms with Crippen LogP contribution < -0.4 is 5.73 Å². The summed E-state index contributed by atoms with van der Waals surface area (Å²) in [5, 5.41) is 0. The molecule has 1 fully saturated rings. The maximum absolute atomic E-state index is 12.2. The fourth-order valence-electron chi connectivity index (χ4n) is 2.02. The van der Waals surface area contributed by atoms with E-state index in [0.717, 1.165) is 24.0 Å². The van der Waals surface area contributed by atoms with Gasteiger partial charge in [-0.05, 0) is 30.5 Å². The number of likely N-dealkylation sites (tertiary alicyclic amines) is 1. The number of nitrogen functional groups attached to an aromatic ring is 1. The van der Waals surface area contributed by atoms with Gasteiger partial charge in [-0.25, -0.2) is 0 Å². The summed E-state index contributed by atoms with van der Waals surface area (Å²) >= 11 is 3.33. The van der Waals surface area contributed by atoms with Crippen LogP contribution >= 0.6 is 28.3 Å². The smallest absolute Gasteiger partial charge is 0.255 e. The van der Waals surface area contributed by atoms with Crippen molar-refractivity contribution in [1.29, 1.82) is 0 Å². The van der Waals surface area contributed by atoms with E-state index in [2.05, 4.69) is 22.9 Å². The Labute approximate surface area is 116 Å². The van der Waals surface area contributed by atoms with Crippen LogP contribution in [-0.4, -0.2) is 23.9 Å². The molecule has 1 saturated heterocycles. The standard InChI is InChI=1S/C12H15BrN2O.ClH/c1-8-4-5-15(7-8)12(16)10-3-2-9(13)6-11(10)14;/h2-3,6,8H,4-5,7,14H2,1H3;1H. The minimum atomic E-state index is 0. The highest BCUT2D eigenvalue weighted by Crippen LogP contribution is 2.23. The fourth-order valence-corrected chi connectivity index (χ4v) is 2.40. The summed E-state index contributed by atoms with van der Waals surface area (Å²) in [4.78, 5) is 14.0. The molecule has 1 heterocycles. The van der Waals surface area contributed by atoms with E-state index in [-0.39, 0.29) is 18.3 Å². The molecule has 1 unspecified atom stereocenters. The number of carbonyl (C=O) groups is 1. The first-order valence-electron chi connectivity index (χ1n) is 5.42. The SMILES string of the molecule is CC1CCN(C(=O)c2ccc(Br)cc2N)C1.Cl. The molecule has 0 aliphatic carbocycles. The number of hydrogen-bond acceptors (Lipinski definition) is 2. The molecule has 0 aromatic heterocycles. The lowest BCUT2D eigenvalue weighted by Gasteiger charge is -2.17. The average molecular weight is 320 g/mol. The summed E-state index contributed by atoms with van der Waals surface area (Å²) in [6.45, 7) is 3.85. The van der Waals surface area contributed by atoms with Gasteiger partial charge in [0, 0.05) is 23.2 Å². The van der Waals surface area contributed by atoms with Crippen molar-refractivity contribution in [3.63, 3.8) is 0 Å². The van der Waals surface area contributed by atoms with Crippen molar-refractivity contribution < 1.29 is 4.79 Å². The highest BCUT2D eigenvalue weighted by atomic mass is 79.9. The first-order chi connectivity index (χ1) is 7.58. The van der Waals surface area contributed by atoms with Gasteiger partial charge in [0.05, 0.1) is 5.56 Å². The molecule has 17 heavy (non-hydrogen) atoms. The Balaban J connectivity index is 0.00000144. The van der Waals surface area contributed by atoms with E-state index in [1.807, 2.05) is 11.0 Å². The van der Waals surface area contributed by atoms with Crippen molar-refractivity contribution in [2.24, 2.45) is 5.92 Å². The molecular weight excluding hydrogens is 304 g/mol. The van der Waals surface area contributed by atoms with Crippen LogP contribution in [0.5, 0.6) is 0 Å². The van der Waals surface area contributed by atoms with Crippen LogP contribution in [0.2, 0.25) is 0 Å². The third-order valence-corrected chi connectivity index (χ3v) is 3.45. The molecule has 94 valence electrons. The molecule has 1 aromatic rings. The Bertz CT molecular complexity index is 425. The number of rotatable bonds is 1. The van der Waals surface area contributed by atoms with E-state index >= 15 is 0 Å². The molecule has 0 bridgehead atoms. The lowest BCUT2D eigenvalue weighted by molar-refractivity contribution is 0.0789. The quantitative estimate of drug-likeness (QED) is 0.809. The van der Waals surface area contributed by atoms with Crippen molar-refractivity contribution in [3.05, 3.63) is 28.2 Å². The summed E-state index contributed by atoms with van der Waals surface area (Å²) in [5.41, 5.74) is 7.00. The maximum Gasteiger partial charge on any atom is 0.255 e. The number of halogens is 2. The largest absolute Gasteiger partial charge is 0.398 e. The molecule has 3 nitrogen and oxygen atoms in total. The van der Waals surface area contributed by atoms with E-state index in [0.29, 0.717) is 17.2 Å². The summed E-state index contributed by atoms with van der Waals surface area (Å²) in [6, 6.07) is 5.40. The molecule has 0 saturated carbocycles. The molecule has 1 aromatic carbocycles. The van der Waals surface area contributed by atoms with Crippen molar-refractivity contribution in [2.75, 3.05) is 18.8 Å². The maximum atomic E-state index is 12.2. The molecule has 1 aliphatic rings. The number of carbonyl (C=O) groups excluding carboxylic acids is 1. The van der Waals surface area contributed by atoms with E-state index in [1.165, 1.54) is 0 Å². The van der Waals surface area contributed by atoms with Gasteiger partial charge >= 0.3 is 0 Å². The summed E-state index contributed by atoms with van der Waals surface area (Å²) in [6.07, 6.45) is 1.09. The highest BCUT2D eigenvalue weighted by Gasteiger charge is 2.25. The molecule has 5 heteroatoms. The number of nitrogens with two attached hydrogens (primary N) is 1. The van der Waals surface area contributed by atoms with Crippen LogP contribution in [0.1, 0.15) is 23.7 Å². The number of nitrogens with zero attached hydrogens (tertiary/aromatic N) is 1. The Morgan fingerprint density at radius 3 is 2.76 bits per heavy atom. The van der Waals surface area contributed by atoms with Gasteiger partial charge in [-0.15, -0.1) is 12.4 Å². The van der Waals surface area contributed by atoms with Crippen LogP contribution in [0.4, 0.5) is 5.69 Å². The van der Waals surface area contributed by atoms with Gasteiger partial charge in [0.2, 0.25) is 0 Å². The average Bonchev–Trinajstić information content (AvgIpc) is 2.64. The fraction of sp³-hybridized carbons (Fsp3) is 0.417. The van der Waals surface area contributed by atoms with E-state index < -0.39 is 0 Å². The molecule has 1 aliphatic heterocycles.